The molecular formula is C28H40N2O8. The van der Waals surface area contributed by atoms with Crippen molar-refractivity contribution in [2.45, 2.75) is 57.8 Å². The SMILES string of the molecule is C=C(O)C(=C)C(=O)C1=C(O)[C@](O)(C(=O)/C(C(N)=O)=C(/O)[C@H](C)N(C)C)C(CC)CC1[C@](C)(O)C(=C)/C=C\C. The van der Waals surface area contributed by atoms with Crippen LogP contribution in [0, 0.1) is 11.8 Å². The Morgan fingerprint density at radius 3 is 2.16 bits per heavy atom. The van der Waals surface area contributed by atoms with E-state index in [1.54, 1.807) is 34.0 Å². The number of carbonyl (C=O) groups is 3. The number of allylic oxidation sites excluding steroid dienone is 2. The summed E-state index contributed by atoms with van der Waals surface area (Å²) in [5, 5.41) is 55.3. The van der Waals surface area contributed by atoms with Crippen molar-refractivity contribution in [1.29, 1.82) is 0 Å². The molecule has 0 saturated heterocycles. The third-order valence-corrected chi connectivity index (χ3v) is 7.38. The maximum atomic E-state index is 13.8. The van der Waals surface area contributed by atoms with Crippen LogP contribution in [0.15, 0.2) is 71.5 Å². The second kappa shape index (κ2) is 11.9. The Morgan fingerprint density at radius 2 is 1.76 bits per heavy atom. The summed E-state index contributed by atoms with van der Waals surface area (Å²) in [5.74, 6) is -8.87. The van der Waals surface area contributed by atoms with E-state index in [0.29, 0.717) is 0 Å². The van der Waals surface area contributed by atoms with Crippen molar-refractivity contribution in [2.75, 3.05) is 14.1 Å². The molecular weight excluding hydrogens is 492 g/mol. The van der Waals surface area contributed by atoms with Gasteiger partial charge in [0.15, 0.2) is 11.4 Å². The first kappa shape index (κ1) is 32.6. The highest BCUT2D eigenvalue weighted by atomic mass is 16.3. The van der Waals surface area contributed by atoms with Gasteiger partial charge in [-0.1, -0.05) is 38.8 Å². The number of nitrogens with zero attached hydrogens (tertiary/aromatic N) is 1. The van der Waals surface area contributed by atoms with Gasteiger partial charge in [0.25, 0.3) is 5.91 Å². The van der Waals surface area contributed by atoms with Crippen LogP contribution in [0.4, 0.5) is 0 Å². The number of amides is 1. The van der Waals surface area contributed by atoms with Crippen LogP contribution in [0.1, 0.15) is 40.5 Å². The molecule has 10 nitrogen and oxygen atoms in total. The fourth-order valence-electron chi connectivity index (χ4n) is 4.55. The molecule has 0 saturated carbocycles. The Bertz CT molecular complexity index is 1140. The largest absolute Gasteiger partial charge is 0.510 e. The van der Waals surface area contributed by atoms with Crippen LogP contribution < -0.4 is 5.73 Å². The Hall–Kier alpha value is -3.47. The van der Waals surface area contributed by atoms with Gasteiger partial charge >= 0.3 is 0 Å². The number of Topliss-reactive ketones (excluding diaryl/α,β-unsaturated/α-hetero) is 2. The number of ketones is 2. The Kier molecular flexibility index (Phi) is 10.2. The molecule has 0 heterocycles. The molecule has 0 spiro atoms. The fraction of sp³-hybridized carbons (Fsp3) is 0.464. The lowest BCUT2D eigenvalue weighted by atomic mass is 9.61. The van der Waals surface area contributed by atoms with E-state index in [2.05, 4.69) is 19.7 Å². The lowest BCUT2D eigenvalue weighted by Crippen LogP contribution is -2.57. The highest BCUT2D eigenvalue weighted by Gasteiger charge is 2.58. The van der Waals surface area contributed by atoms with Gasteiger partial charge in [-0.2, -0.15) is 0 Å². The number of aliphatic hydroxyl groups excluding tert-OH is 3. The van der Waals surface area contributed by atoms with Crippen molar-refractivity contribution in [3.05, 3.63) is 71.5 Å². The van der Waals surface area contributed by atoms with Gasteiger partial charge in [-0.3, -0.25) is 19.3 Å². The summed E-state index contributed by atoms with van der Waals surface area (Å²) in [6.45, 7) is 16.7. The van der Waals surface area contributed by atoms with E-state index >= 15 is 0 Å². The number of rotatable bonds is 12. The lowest BCUT2D eigenvalue weighted by Gasteiger charge is -2.46. The molecule has 0 aromatic rings. The van der Waals surface area contributed by atoms with E-state index in [1.807, 2.05) is 0 Å². The number of likely N-dealkylation sites (N-methyl/N-ethyl adjacent to an activating group) is 1. The molecule has 1 amide bonds. The highest BCUT2D eigenvalue weighted by molar-refractivity contribution is 6.23. The minimum atomic E-state index is -2.89. The molecule has 1 rings (SSSR count). The maximum Gasteiger partial charge on any atom is 0.255 e. The summed E-state index contributed by atoms with van der Waals surface area (Å²) in [5.41, 5.74) is -1.28. The van der Waals surface area contributed by atoms with Gasteiger partial charge in [0.1, 0.15) is 22.9 Å². The quantitative estimate of drug-likeness (QED) is 0.0723. The molecule has 1 aliphatic rings. The van der Waals surface area contributed by atoms with Gasteiger partial charge in [-0.15, -0.1) is 0 Å². The predicted molar refractivity (Wildman–Crippen MR) is 144 cm³/mol. The monoisotopic (exact) mass is 532 g/mol. The fourth-order valence-corrected chi connectivity index (χ4v) is 4.55. The Labute approximate surface area is 223 Å². The summed E-state index contributed by atoms with van der Waals surface area (Å²) in [7, 11) is 3.14. The number of hydrogen-bond acceptors (Lipinski definition) is 9. The van der Waals surface area contributed by atoms with Crippen molar-refractivity contribution in [3.63, 3.8) is 0 Å². The van der Waals surface area contributed by atoms with E-state index in [1.165, 1.54) is 24.8 Å². The van der Waals surface area contributed by atoms with Gasteiger partial charge in [0.05, 0.1) is 17.2 Å². The first-order chi connectivity index (χ1) is 17.3. The molecule has 0 radical (unpaired) electrons. The van der Waals surface area contributed by atoms with E-state index < -0.39 is 80.6 Å². The van der Waals surface area contributed by atoms with Gasteiger partial charge in [0, 0.05) is 17.4 Å². The van der Waals surface area contributed by atoms with Crippen molar-refractivity contribution < 1.29 is 39.9 Å². The molecule has 1 aliphatic carbocycles. The zero-order valence-electron chi connectivity index (χ0n) is 22.9. The number of hydrogen-bond donors (Lipinski definition) is 6. The average Bonchev–Trinajstić information content (AvgIpc) is 2.83. The first-order valence-corrected chi connectivity index (χ1v) is 12.1. The minimum Gasteiger partial charge on any atom is -0.510 e. The second-order valence-electron chi connectivity index (χ2n) is 9.94. The Morgan fingerprint density at radius 1 is 1.24 bits per heavy atom. The third-order valence-electron chi connectivity index (χ3n) is 7.38. The van der Waals surface area contributed by atoms with Crippen molar-refractivity contribution in [2.24, 2.45) is 17.6 Å². The normalized spacial score (nSPS) is 25.0. The third kappa shape index (κ3) is 5.67. The molecule has 0 aromatic heterocycles. The molecule has 2 unspecified atom stereocenters. The number of carbonyl (C=O) groups excluding carboxylic acids is 3. The predicted octanol–water partition coefficient (Wildman–Crippen LogP) is 2.47. The number of nitrogens with two attached hydrogens (primary N) is 1. The standard InChI is InChI=1S/C28H40N2O8/c1-10-12-14(3)27(7,37)19-13-18(11-2)28(38,24(34)20(19)22(32)15(4)17(6)31)25(35)21(26(29)36)23(33)16(5)30(8)9/h10,12,16,18-19,31,33-34,37-38H,3-4,6,11,13H2,1-2,5,7-9H3,(H2,29,36)/b12-10-,23-21-/t16-,18?,19?,27+,28-/m0/s1. The van der Waals surface area contributed by atoms with Crippen LogP contribution in [0.25, 0.3) is 0 Å². The molecule has 7 N–H and O–H groups in total. The maximum absolute atomic E-state index is 13.8. The average molecular weight is 533 g/mol. The zero-order chi connectivity index (χ0) is 29.9. The van der Waals surface area contributed by atoms with E-state index in [-0.39, 0.29) is 18.4 Å². The van der Waals surface area contributed by atoms with Gasteiger partial charge in [-0.25, -0.2) is 0 Å². The summed E-state index contributed by atoms with van der Waals surface area (Å²) in [6.07, 6.45) is 2.91. The van der Waals surface area contributed by atoms with Crippen LogP contribution in [0.3, 0.4) is 0 Å². The minimum absolute atomic E-state index is 0.0418. The van der Waals surface area contributed by atoms with Crippen molar-refractivity contribution in [1.82, 2.24) is 4.90 Å². The summed E-state index contributed by atoms with van der Waals surface area (Å²) >= 11 is 0. The van der Waals surface area contributed by atoms with Crippen LogP contribution in [-0.4, -0.2) is 79.2 Å². The van der Waals surface area contributed by atoms with Crippen LogP contribution in [0.5, 0.6) is 0 Å². The van der Waals surface area contributed by atoms with Crippen molar-refractivity contribution >= 4 is 17.5 Å². The zero-order valence-corrected chi connectivity index (χ0v) is 22.9. The summed E-state index contributed by atoms with van der Waals surface area (Å²) in [6, 6.07) is -0.879. The highest BCUT2D eigenvalue weighted by Crippen LogP contribution is 2.49. The van der Waals surface area contributed by atoms with E-state index in [9.17, 15) is 39.9 Å². The summed E-state index contributed by atoms with van der Waals surface area (Å²) < 4.78 is 0. The topological polar surface area (TPSA) is 182 Å². The molecule has 0 aliphatic heterocycles. The van der Waals surface area contributed by atoms with E-state index in [0.717, 1.165) is 0 Å². The molecule has 210 valence electrons. The van der Waals surface area contributed by atoms with Crippen LogP contribution in [0.2, 0.25) is 0 Å². The lowest BCUT2D eigenvalue weighted by molar-refractivity contribution is -0.144. The molecule has 0 fully saturated rings. The molecule has 0 bridgehead atoms. The van der Waals surface area contributed by atoms with Gasteiger partial charge < -0.3 is 31.3 Å². The first-order valence-electron chi connectivity index (χ1n) is 12.1. The second-order valence-corrected chi connectivity index (χ2v) is 9.94. The van der Waals surface area contributed by atoms with Crippen molar-refractivity contribution in [3.8, 4) is 0 Å². The Balaban J connectivity index is 4.16. The smallest absolute Gasteiger partial charge is 0.255 e. The molecule has 0 aromatic carbocycles. The van der Waals surface area contributed by atoms with Crippen LogP contribution in [-0.2, 0) is 14.4 Å². The molecule has 5 atom stereocenters. The van der Waals surface area contributed by atoms with Gasteiger partial charge in [0.2, 0.25) is 5.78 Å². The summed E-state index contributed by atoms with van der Waals surface area (Å²) in [4.78, 5) is 41.1. The van der Waals surface area contributed by atoms with Gasteiger partial charge in [-0.05, 0) is 53.3 Å². The van der Waals surface area contributed by atoms with E-state index in [4.69, 9.17) is 5.73 Å². The molecule has 10 heteroatoms. The van der Waals surface area contributed by atoms with Crippen LogP contribution >= 0.6 is 0 Å². The number of aliphatic hydroxyl groups is 5. The molecule has 38 heavy (non-hydrogen) atoms. The number of primary amides is 1.